The highest BCUT2D eigenvalue weighted by molar-refractivity contribution is 7.13. The molecule has 0 atom stereocenters. The number of aromatic nitrogens is 3. The van der Waals surface area contributed by atoms with Gasteiger partial charge in [0.25, 0.3) is 0 Å². The number of carbonyl (C=O) groups is 1. The second kappa shape index (κ2) is 3.95. The average molecular weight is 261 g/mol. The molecule has 0 aliphatic carbocycles. The molecule has 0 N–H and O–H groups in total. The van der Waals surface area contributed by atoms with Crippen molar-refractivity contribution in [3.8, 4) is 0 Å². The molecule has 2 rings (SSSR count). The SMILES string of the molecule is Cn1cncc1C(=O)c1cnc(C(F)(F)F)s1. The van der Waals surface area contributed by atoms with Gasteiger partial charge in [0.15, 0.2) is 5.01 Å². The van der Waals surface area contributed by atoms with Crippen LogP contribution >= 0.6 is 11.3 Å². The Morgan fingerprint density at radius 1 is 1.41 bits per heavy atom. The van der Waals surface area contributed by atoms with Crippen LogP contribution in [0.1, 0.15) is 20.4 Å². The highest BCUT2D eigenvalue weighted by atomic mass is 32.1. The van der Waals surface area contributed by atoms with Crippen LogP contribution in [0.25, 0.3) is 0 Å². The Balaban J connectivity index is 2.33. The maximum atomic E-state index is 12.3. The van der Waals surface area contributed by atoms with Gasteiger partial charge >= 0.3 is 6.18 Å². The van der Waals surface area contributed by atoms with E-state index in [-0.39, 0.29) is 10.6 Å². The second-order valence-electron chi connectivity index (χ2n) is 3.25. The largest absolute Gasteiger partial charge is 0.443 e. The number of alkyl halides is 3. The van der Waals surface area contributed by atoms with E-state index >= 15 is 0 Å². The zero-order chi connectivity index (χ0) is 12.6. The molecule has 4 nitrogen and oxygen atoms in total. The van der Waals surface area contributed by atoms with Crippen LogP contribution in [-0.2, 0) is 13.2 Å². The summed E-state index contributed by atoms with van der Waals surface area (Å²) in [6.45, 7) is 0. The standard InChI is InChI=1S/C9H6F3N3OS/c1-15-4-13-2-5(15)7(16)6-3-14-8(17-6)9(10,11)12/h2-4H,1H3. The molecule has 17 heavy (non-hydrogen) atoms. The maximum absolute atomic E-state index is 12.3. The first-order chi connectivity index (χ1) is 7.89. The zero-order valence-electron chi connectivity index (χ0n) is 8.52. The Morgan fingerprint density at radius 2 is 2.12 bits per heavy atom. The van der Waals surface area contributed by atoms with Crippen molar-refractivity contribution >= 4 is 17.1 Å². The lowest BCUT2D eigenvalue weighted by Gasteiger charge is -1.99. The average Bonchev–Trinajstić information content (AvgIpc) is 2.83. The van der Waals surface area contributed by atoms with Gasteiger partial charge in [0.1, 0.15) is 5.69 Å². The first-order valence-corrected chi connectivity index (χ1v) is 5.25. The van der Waals surface area contributed by atoms with E-state index in [1.165, 1.54) is 17.1 Å². The van der Waals surface area contributed by atoms with Crippen molar-refractivity contribution in [3.63, 3.8) is 0 Å². The lowest BCUT2D eigenvalue weighted by atomic mass is 10.3. The first kappa shape index (κ1) is 11.8. The number of thiazole rings is 1. The van der Waals surface area contributed by atoms with Crippen molar-refractivity contribution in [1.29, 1.82) is 0 Å². The molecule has 2 heterocycles. The summed E-state index contributed by atoms with van der Waals surface area (Å²) in [6, 6.07) is 0. The summed E-state index contributed by atoms with van der Waals surface area (Å²) in [6.07, 6.45) is -0.882. The molecule has 0 unspecified atom stereocenters. The summed E-state index contributed by atoms with van der Waals surface area (Å²) in [5, 5.41) is -1.02. The number of halogens is 3. The quantitative estimate of drug-likeness (QED) is 0.778. The molecular formula is C9H6F3N3OS. The summed E-state index contributed by atoms with van der Waals surface area (Å²) < 4.78 is 38.4. The fourth-order valence-corrected chi connectivity index (χ4v) is 1.94. The molecule has 0 radical (unpaired) electrons. The molecule has 0 saturated carbocycles. The molecule has 2 aromatic heterocycles. The van der Waals surface area contributed by atoms with E-state index in [2.05, 4.69) is 9.97 Å². The van der Waals surface area contributed by atoms with Gasteiger partial charge in [-0.25, -0.2) is 9.97 Å². The minimum Gasteiger partial charge on any atom is -0.331 e. The molecular weight excluding hydrogens is 255 g/mol. The molecule has 2 aromatic rings. The third-order valence-electron chi connectivity index (χ3n) is 2.02. The fourth-order valence-electron chi connectivity index (χ4n) is 1.21. The van der Waals surface area contributed by atoms with Crippen LogP contribution in [-0.4, -0.2) is 20.3 Å². The van der Waals surface area contributed by atoms with Crippen molar-refractivity contribution in [3.05, 3.63) is 34.3 Å². The van der Waals surface area contributed by atoms with Crippen molar-refractivity contribution in [1.82, 2.24) is 14.5 Å². The van der Waals surface area contributed by atoms with Crippen LogP contribution in [0.2, 0.25) is 0 Å². The maximum Gasteiger partial charge on any atom is 0.443 e. The molecule has 0 aliphatic rings. The predicted octanol–water partition coefficient (Wildman–Crippen LogP) is 2.13. The Morgan fingerprint density at radius 3 is 2.59 bits per heavy atom. The molecule has 8 heteroatoms. The zero-order valence-corrected chi connectivity index (χ0v) is 9.34. The van der Waals surface area contributed by atoms with Crippen LogP contribution < -0.4 is 0 Å². The van der Waals surface area contributed by atoms with Gasteiger partial charge in [0, 0.05) is 13.2 Å². The van der Waals surface area contributed by atoms with E-state index in [1.807, 2.05) is 0 Å². The summed E-state index contributed by atoms with van der Waals surface area (Å²) in [5.74, 6) is -0.516. The molecule has 0 aromatic carbocycles. The molecule has 90 valence electrons. The van der Waals surface area contributed by atoms with E-state index < -0.39 is 17.0 Å². The van der Waals surface area contributed by atoms with Gasteiger partial charge in [-0.1, -0.05) is 0 Å². The molecule has 0 fully saturated rings. The number of nitrogens with zero attached hydrogens (tertiary/aromatic N) is 3. The number of aryl methyl sites for hydroxylation is 1. The molecule has 0 aliphatic heterocycles. The van der Waals surface area contributed by atoms with Crippen LogP contribution in [0.3, 0.4) is 0 Å². The van der Waals surface area contributed by atoms with Gasteiger partial charge in [0.2, 0.25) is 5.78 Å². The summed E-state index contributed by atoms with van der Waals surface area (Å²) >= 11 is 0.328. The predicted molar refractivity (Wildman–Crippen MR) is 53.8 cm³/mol. The Kier molecular flexibility index (Phi) is 2.74. The summed E-state index contributed by atoms with van der Waals surface area (Å²) in [4.78, 5) is 18.7. The third kappa shape index (κ3) is 2.21. The van der Waals surface area contributed by atoms with E-state index in [9.17, 15) is 18.0 Å². The first-order valence-electron chi connectivity index (χ1n) is 4.43. The minimum absolute atomic E-state index is 0.0547. The van der Waals surface area contributed by atoms with Gasteiger partial charge in [-0.2, -0.15) is 13.2 Å². The highest BCUT2D eigenvalue weighted by Crippen LogP contribution is 2.32. The van der Waals surface area contributed by atoms with Gasteiger partial charge in [-0.15, -0.1) is 11.3 Å². The smallest absolute Gasteiger partial charge is 0.331 e. The van der Waals surface area contributed by atoms with Crippen LogP contribution in [0.15, 0.2) is 18.7 Å². The number of imidazole rings is 1. The Labute approximate surface area is 97.7 Å². The fraction of sp³-hybridized carbons (Fsp3) is 0.222. The van der Waals surface area contributed by atoms with E-state index in [0.717, 1.165) is 6.20 Å². The van der Waals surface area contributed by atoms with Gasteiger partial charge < -0.3 is 4.57 Å². The van der Waals surface area contributed by atoms with Gasteiger partial charge in [-0.3, -0.25) is 4.79 Å². The molecule has 0 saturated heterocycles. The molecule has 0 spiro atoms. The van der Waals surface area contributed by atoms with Crippen LogP contribution in [0, 0.1) is 0 Å². The number of carbonyl (C=O) groups excluding carboxylic acids is 1. The minimum atomic E-state index is -4.52. The Hall–Kier alpha value is -1.70. The monoisotopic (exact) mass is 261 g/mol. The number of hydrogen-bond donors (Lipinski definition) is 0. The summed E-state index contributed by atoms with van der Waals surface area (Å²) in [7, 11) is 1.59. The van der Waals surface area contributed by atoms with Crippen molar-refractivity contribution in [2.24, 2.45) is 7.05 Å². The van der Waals surface area contributed by atoms with Crippen LogP contribution in [0.4, 0.5) is 13.2 Å². The van der Waals surface area contributed by atoms with Crippen LogP contribution in [0.5, 0.6) is 0 Å². The second-order valence-corrected chi connectivity index (χ2v) is 4.28. The normalized spacial score (nSPS) is 11.8. The van der Waals surface area contributed by atoms with E-state index in [4.69, 9.17) is 0 Å². The van der Waals surface area contributed by atoms with Gasteiger partial charge in [-0.05, 0) is 0 Å². The van der Waals surface area contributed by atoms with Crippen molar-refractivity contribution in [2.45, 2.75) is 6.18 Å². The highest BCUT2D eigenvalue weighted by Gasteiger charge is 2.35. The van der Waals surface area contributed by atoms with Crippen molar-refractivity contribution < 1.29 is 18.0 Å². The topological polar surface area (TPSA) is 47.8 Å². The summed E-state index contributed by atoms with van der Waals surface area (Å²) in [5.41, 5.74) is 0.224. The van der Waals surface area contributed by atoms with Crippen molar-refractivity contribution in [2.75, 3.05) is 0 Å². The number of hydrogen-bond acceptors (Lipinski definition) is 4. The van der Waals surface area contributed by atoms with Gasteiger partial charge in [0.05, 0.1) is 17.4 Å². The number of rotatable bonds is 2. The molecule has 0 bridgehead atoms. The van der Waals surface area contributed by atoms with E-state index in [1.54, 1.807) is 7.05 Å². The third-order valence-corrected chi connectivity index (χ3v) is 3.06. The lowest BCUT2D eigenvalue weighted by molar-refractivity contribution is -0.137. The van der Waals surface area contributed by atoms with E-state index in [0.29, 0.717) is 11.3 Å². The lowest BCUT2D eigenvalue weighted by Crippen LogP contribution is -2.05. The number of ketones is 1. The Bertz CT molecular complexity index is 558. The molecule has 0 amide bonds.